The van der Waals surface area contributed by atoms with Crippen LogP contribution in [0.2, 0.25) is 0 Å². The third kappa shape index (κ3) is 0.816. The molecule has 0 heterocycles. The highest BCUT2D eigenvalue weighted by atomic mass is 14.5. The molecule has 60 valence electrons. The molecule has 0 aromatic carbocycles. The number of allylic oxidation sites excluding steroid dienone is 2. The van der Waals surface area contributed by atoms with Crippen molar-refractivity contribution in [1.82, 2.24) is 0 Å². The zero-order valence-electron chi connectivity index (χ0n) is 7.10. The Morgan fingerprint density at radius 2 is 1.45 bits per heavy atom. The molecule has 0 nitrogen and oxygen atoms in total. The average molecular weight is 148 g/mol. The first-order valence-electron chi connectivity index (χ1n) is 5.18. The smallest absolute Gasteiger partial charge is 0.0132 e. The predicted molar refractivity (Wildman–Crippen MR) is 46.3 cm³/mol. The third-order valence-electron chi connectivity index (χ3n) is 3.82. The highest BCUT2D eigenvalue weighted by Crippen LogP contribution is 2.58. The van der Waals surface area contributed by atoms with Crippen LogP contribution in [0.1, 0.15) is 44.9 Å². The first-order valence-corrected chi connectivity index (χ1v) is 5.18. The lowest BCUT2D eigenvalue weighted by molar-refractivity contribution is 0.480. The molecule has 2 unspecified atom stereocenters. The molecule has 0 aromatic rings. The molecule has 0 spiro atoms. The Labute approximate surface area is 68.7 Å². The second-order valence-corrected chi connectivity index (χ2v) is 4.41. The van der Waals surface area contributed by atoms with Gasteiger partial charge in [0, 0.05) is 0 Å². The second-order valence-electron chi connectivity index (χ2n) is 4.41. The first-order chi connectivity index (χ1) is 5.47. The van der Waals surface area contributed by atoms with E-state index in [0.717, 1.165) is 11.8 Å². The molecule has 3 saturated carbocycles. The molecule has 11 heavy (non-hydrogen) atoms. The maximum absolute atomic E-state index is 1.94. The van der Waals surface area contributed by atoms with Crippen molar-refractivity contribution < 1.29 is 0 Å². The molecule has 3 aliphatic rings. The fraction of sp³-hybridized carbons (Fsp3) is 0.818. The number of hydrogen-bond donors (Lipinski definition) is 0. The van der Waals surface area contributed by atoms with Gasteiger partial charge in [-0.3, -0.25) is 0 Å². The van der Waals surface area contributed by atoms with Crippen molar-refractivity contribution in [3.05, 3.63) is 11.1 Å². The van der Waals surface area contributed by atoms with Crippen LogP contribution in [-0.2, 0) is 0 Å². The Hall–Kier alpha value is -0.260. The Morgan fingerprint density at radius 3 is 1.91 bits per heavy atom. The predicted octanol–water partition coefficient (Wildman–Crippen LogP) is 3.29. The standard InChI is InChI=1S/C11H16/c1-2-7-10-9(6-1)11(10)8-4-3-5-8/h9-10H,1-7H2. The van der Waals surface area contributed by atoms with Gasteiger partial charge in [-0.15, -0.1) is 0 Å². The van der Waals surface area contributed by atoms with E-state index in [9.17, 15) is 0 Å². The van der Waals surface area contributed by atoms with Gasteiger partial charge in [-0.05, 0) is 43.9 Å². The Balaban J connectivity index is 1.82. The minimum Gasteiger partial charge on any atom is -0.0704 e. The van der Waals surface area contributed by atoms with Gasteiger partial charge in [-0.25, -0.2) is 0 Å². The van der Waals surface area contributed by atoms with E-state index < -0.39 is 0 Å². The van der Waals surface area contributed by atoms with Gasteiger partial charge < -0.3 is 0 Å². The van der Waals surface area contributed by atoms with Crippen molar-refractivity contribution in [2.45, 2.75) is 44.9 Å². The van der Waals surface area contributed by atoms with Crippen molar-refractivity contribution >= 4 is 0 Å². The van der Waals surface area contributed by atoms with Gasteiger partial charge in [-0.2, -0.15) is 0 Å². The summed E-state index contributed by atoms with van der Waals surface area (Å²) in [4.78, 5) is 0. The normalized spacial score (nSPS) is 41.5. The molecule has 0 heteroatoms. The van der Waals surface area contributed by atoms with Crippen LogP contribution < -0.4 is 0 Å². The van der Waals surface area contributed by atoms with Crippen molar-refractivity contribution in [2.75, 3.05) is 0 Å². The van der Waals surface area contributed by atoms with Crippen LogP contribution in [0.25, 0.3) is 0 Å². The summed E-state index contributed by atoms with van der Waals surface area (Å²) in [5, 5.41) is 0. The highest BCUT2D eigenvalue weighted by Gasteiger charge is 2.46. The van der Waals surface area contributed by atoms with E-state index in [1.54, 1.807) is 0 Å². The van der Waals surface area contributed by atoms with E-state index >= 15 is 0 Å². The van der Waals surface area contributed by atoms with Crippen LogP contribution in [0, 0.1) is 11.8 Å². The zero-order valence-corrected chi connectivity index (χ0v) is 7.10. The Bertz CT molecular complexity index is 192. The maximum Gasteiger partial charge on any atom is -0.0132 e. The molecule has 3 rings (SSSR count). The summed E-state index contributed by atoms with van der Waals surface area (Å²) >= 11 is 0. The van der Waals surface area contributed by atoms with Crippen molar-refractivity contribution in [1.29, 1.82) is 0 Å². The van der Waals surface area contributed by atoms with Crippen LogP contribution in [0.15, 0.2) is 11.1 Å². The van der Waals surface area contributed by atoms with Gasteiger partial charge in [0.2, 0.25) is 0 Å². The van der Waals surface area contributed by atoms with Gasteiger partial charge in [-0.1, -0.05) is 24.0 Å². The highest BCUT2D eigenvalue weighted by molar-refractivity contribution is 5.38. The molecule has 0 saturated heterocycles. The summed E-state index contributed by atoms with van der Waals surface area (Å²) in [6, 6.07) is 0. The molecular weight excluding hydrogens is 132 g/mol. The first kappa shape index (κ1) is 6.28. The average Bonchev–Trinajstić information content (AvgIpc) is 2.62. The quantitative estimate of drug-likeness (QED) is 0.462. The molecule has 2 atom stereocenters. The lowest BCUT2D eigenvalue weighted by atomic mass is 9.91. The lowest BCUT2D eigenvalue weighted by Gasteiger charge is -2.15. The molecule has 0 aliphatic heterocycles. The largest absolute Gasteiger partial charge is 0.0704 e. The van der Waals surface area contributed by atoms with Crippen LogP contribution in [0.5, 0.6) is 0 Å². The molecule has 0 amide bonds. The van der Waals surface area contributed by atoms with Crippen molar-refractivity contribution in [3.63, 3.8) is 0 Å². The minimum absolute atomic E-state index is 1.10. The number of rotatable bonds is 0. The topological polar surface area (TPSA) is 0 Å². The number of fused-ring (bicyclic) bond motifs is 1. The minimum atomic E-state index is 1.10. The Morgan fingerprint density at radius 1 is 0.818 bits per heavy atom. The molecule has 0 radical (unpaired) electrons. The van der Waals surface area contributed by atoms with Gasteiger partial charge in [0.25, 0.3) is 0 Å². The lowest BCUT2D eigenvalue weighted by Crippen LogP contribution is -1.96. The fourth-order valence-corrected chi connectivity index (χ4v) is 2.99. The van der Waals surface area contributed by atoms with E-state index in [-0.39, 0.29) is 0 Å². The summed E-state index contributed by atoms with van der Waals surface area (Å²) in [5.74, 6) is 2.19. The summed E-state index contributed by atoms with van der Waals surface area (Å²) in [7, 11) is 0. The van der Waals surface area contributed by atoms with E-state index in [4.69, 9.17) is 0 Å². The molecule has 3 aliphatic carbocycles. The van der Waals surface area contributed by atoms with E-state index in [0.29, 0.717) is 0 Å². The van der Waals surface area contributed by atoms with Gasteiger partial charge in [0.05, 0.1) is 0 Å². The third-order valence-corrected chi connectivity index (χ3v) is 3.82. The van der Waals surface area contributed by atoms with Crippen LogP contribution in [-0.4, -0.2) is 0 Å². The van der Waals surface area contributed by atoms with Crippen molar-refractivity contribution in [3.8, 4) is 0 Å². The fourth-order valence-electron chi connectivity index (χ4n) is 2.99. The number of hydrogen-bond acceptors (Lipinski definition) is 0. The van der Waals surface area contributed by atoms with Gasteiger partial charge in [0.1, 0.15) is 0 Å². The molecular formula is C11H16. The maximum atomic E-state index is 1.94. The van der Waals surface area contributed by atoms with E-state index in [1.807, 2.05) is 11.1 Å². The van der Waals surface area contributed by atoms with Crippen LogP contribution in [0.3, 0.4) is 0 Å². The molecule has 0 aromatic heterocycles. The molecule has 3 fully saturated rings. The summed E-state index contributed by atoms with van der Waals surface area (Å²) < 4.78 is 0. The summed E-state index contributed by atoms with van der Waals surface area (Å²) in [6.45, 7) is 0. The van der Waals surface area contributed by atoms with E-state index in [2.05, 4.69) is 0 Å². The monoisotopic (exact) mass is 148 g/mol. The SMILES string of the molecule is C1CC(=C2C3CCCCC23)C1. The van der Waals surface area contributed by atoms with Gasteiger partial charge >= 0.3 is 0 Å². The molecule has 0 N–H and O–H groups in total. The van der Waals surface area contributed by atoms with Crippen molar-refractivity contribution in [2.24, 2.45) is 11.8 Å². The molecule has 0 bridgehead atoms. The van der Waals surface area contributed by atoms with Gasteiger partial charge in [0.15, 0.2) is 0 Å². The van der Waals surface area contributed by atoms with Crippen LogP contribution >= 0.6 is 0 Å². The zero-order chi connectivity index (χ0) is 7.26. The Kier molecular flexibility index (Phi) is 1.21. The second kappa shape index (κ2) is 2.12. The van der Waals surface area contributed by atoms with E-state index in [1.165, 1.54) is 44.9 Å². The van der Waals surface area contributed by atoms with Crippen LogP contribution in [0.4, 0.5) is 0 Å². The summed E-state index contributed by atoms with van der Waals surface area (Å²) in [5.41, 5.74) is 3.82. The summed E-state index contributed by atoms with van der Waals surface area (Å²) in [6.07, 6.45) is 10.5.